The first-order valence-corrected chi connectivity index (χ1v) is 7.65. The van der Waals surface area contributed by atoms with Crippen molar-refractivity contribution >= 4 is 17.0 Å². The van der Waals surface area contributed by atoms with Gasteiger partial charge in [-0.2, -0.15) is 0 Å². The van der Waals surface area contributed by atoms with Crippen LogP contribution in [0.2, 0.25) is 0 Å². The molecule has 0 fully saturated rings. The average molecular weight is 308 g/mol. The molecular weight excluding hydrogens is 292 g/mol. The Morgan fingerprint density at radius 3 is 2.65 bits per heavy atom. The van der Waals surface area contributed by atoms with Crippen molar-refractivity contribution in [1.29, 1.82) is 0 Å². The smallest absolute Gasteiger partial charge is 0.408 e. The van der Waals surface area contributed by atoms with Crippen LogP contribution >= 0.6 is 0 Å². The Morgan fingerprint density at radius 1 is 1.04 bits per heavy atom. The van der Waals surface area contributed by atoms with Gasteiger partial charge >= 0.3 is 5.76 Å². The number of rotatable bonds is 2. The Hall–Kier alpha value is -2.82. The SMILES string of the molecule is O=C(Cn1c(=O)oc2ccccc21)N1CCc2ccccc2C1. The van der Waals surface area contributed by atoms with E-state index < -0.39 is 5.76 Å². The van der Waals surface area contributed by atoms with Gasteiger partial charge in [0.1, 0.15) is 6.54 Å². The molecule has 5 nitrogen and oxygen atoms in total. The van der Waals surface area contributed by atoms with Gasteiger partial charge in [-0.05, 0) is 29.7 Å². The van der Waals surface area contributed by atoms with Crippen LogP contribution in [0.5, 0.6) is 0 Å². The van der Waals surface area contributed by atoms with E-state index in [9.17, 15) is 9.59 Å². The molecule has 1 aliphatic rings. The number of aromatic nitrogens is 1. The predicted octanol–water partition coefficient (Wildman–Crippen LogP) is 2.18. The van der Waals surface area contributed by atoms with Gasteiger partial charge in [0.05, 0.1) is 5.52 Å². The normalized spacial score (nSPS) is 14.0. The maximum Gasteiger partial charge on any atom is 0.420 e. The zero-order chi connectivity index (χ0) is 15.8. The molecule has 4 rings (SSSR count). The molecule has 0 aliphatic carbocycles. The maximum atomic E-state index is 12.6. The molecule has 116 valence electrons. The topological polar surface area (TPSA) is 55.5 Å². The Bertz CT molecular complexity index is 939. The third kappa shape index (κ3) is 2.44. The van der Waals surface area contributed by atoms with Crippen LogP contribution in [0.3, 0.4) is 0 Å². The third-order valence-corrected chi connectivity index (χ3v) is 4.35. The van der Waals surface area contributed by atoms with Gasteiger partial charge in [-0.1, -0.05) is 36.4 Å². The standard InChI is InChI=1S/C18H16N2O3/c21-17(19-10-9-13-5-1-2-6-14(13)11-19)12-20-15-7-3-4-8-16(15)23-18(20)22/h1-8H,9-12H2. The van der Waals surface area contributed by atoms with Crippen LogP contribution in [-0.2, 0) is 24.3 Å². The molecule has 0 atom stereocenters. The number of oxazole rings is 1. The van der Waals surface area contributed by atoms with Gasteiger partial charge in [-0.25, -0.2) is 4.79 Å². The highest BCUT2D eigenvalue weighted by Crippen LogP contribution is 2.19. The van der Waals surface area contributed by atoms with Gasteiger partial charge < -0.3 is 9.32 Å². The van der Waals surface area contributed by atoms with E-state index in [0.29, 0.717) is 24.2 Å². The van der Waals surface area contributed by atoms with E-state index >= 15 is 0 Å². The van der Waals surface area contributed by atoms with Crippen molar-refractivity contribution in [2.45, 2.75) is 19.5 Å². The summed E-state index contributed by atoms with van der Waals surface area (Å²) in [4.78, 5) is 26.4. The minimum absolute atomic E-state index is 0.0119. The molecule has 23 heavy (non-hydrogen) atoms. The van der Waals surface area contributed by atoms with Crippen LogP contribution in [0, 0.1) is 0 Å². The molecule has 0 saturated heterocycles. The van der Waals surface area contributed by atoms with Crippen molar-refractivity contribution in [2.75, 3.05) is 6.54 Å². The fraction of sp³-hybridized carbons (Fsp3) is 0.222. The number of hydrogen-bond acceptors (Lipinski definition) is 3. The summed E-state index contributed by atoms with van der Waals surface area (Å²) in [5.41, 5.74) is 3.64. The first-order valence-electron chi connectivity index (χ1n) is 7.65. The lowest BCUT2D eigenvalue weighted by atomic mass is 10.00. The van der Waals surface area contributed by atoms with Gasteiger partial charge in [0.15, 0.2) is 5.58 Å². The summed E-state index contributed by atoms with van der Waals surface area (Å²) in [6.07, 6.45) is 0.850. The van der Waals surface area contributed by atoms with Crippen LogP contribution < -0.4 is 5.76 Å². The Labute approximate surface area is 132 Å². The van der Waals surface area contributed by atoms with Crippen molar-refractivity contribution in [3.8, 4) is 0 Å². The van der Waals surface area contributed by atoms with Gasteiger partial charge in [0, 0.05) is 13.1 Å². The number of fused-ring (bicyclic) bond motifs is 2. The van der Waals surface area contributed by atoms with Crippen molar-refractivity contribution < 1.29 is 9.21 Å². The van der Waals surface area contributed by atoms with Crippen LogP contribution in [-0.4, -0.2) is 21.9 Å². The minimum atomic E-state index is -0.489. The number of carbonyl (C=O) groups is 1. The van der Waals surface area contributed by atoms with Crippen molar-refractivity contribution in [1.82, 2.24) is 9.47 Å². The molecule has 0 saturated carbocycles. The lowest BCUT2D eigenvalue weighted by Gasteiger charge is -2.28. The summed E-state index contributed by atoms with van der Waals surface area (Å²) >= 11 is 0. The maximum absolute atomic E-state index is 12.6. The van der Waals surface area contributed by atoms with Crippen LogP contribution in [0.15, 0.2) is 57.7 Å². The molecule has 0 spiro atoms. The summed E-state index contributed by atoms with van der Waals surface area (Å²) < 4.78 is 6.58. The third-order valence-electron chi connectivity index (χ3n) is 4.35. The second kappa shape index (κ2) is 5.43. The van der Waals surface area contributed by atoms with E-state index in [1.54, 1.807) is 23.1 Å². The van der Waals surface area contributed by atoms with Crippen LogP contribution in [0.25, 0.3) is 11.1 Å². The quantitative estimate of drug-likeness (QED) is 0.729. The largest absolute Gasteiger partial charge is 0.420 e. The van der Waals surface area contributed by atoms with E-state index in [2.05, 4.69) is 6.07 Å². The molecule has 0 unspecified atom stereocenters. The molecule has 1 aromatic heterocycles. The monoisotopic (exact) mass is 308 g/mol. The fourth-order valence-corrected chi connectivity index (χ4v) is 3.11. The molecule has 0 radical (unpaired) electrons. The van der Waals surface area contributed by atoms with Crippen molar-refractivity contribution in [3.63, 3.8) is 0 Å². The van der Waals surface area contributed by atoms with Gasteiger partial charge in [0.25, 0.3) is 0 Å². The minimum Gasteiger partial charge on any atom is -0.408 e. The summed E-state index contributed by atoms with van der Waals surface area (Å²) in [5.74, 6) is -0.551. The number of amides is 1. The zero-order valence-corrected chi connectivity index (χ0v) is 12.6. The first-order chi connectivity index (χ1) is 11.2. The molecule has 1 amide bonds. The molecule has 3 aromatic rings. The molecular formula is C18H16N2O3. The van der Waals surface area contributed by atoms with Gasteiger partial charge in [-0.15, -0.1) is 0 Å². The second-order valence-electron chi connectivity index (χ2n) is 5.76. The van der Waals surface area contributed by atoms with Crippen LogP contribution in [0.1, 0.15) is 11.1 Å². The van der Waals surface area contributed by atoms with Gasteiger partial charge in [0.2, 0.25) is 5.91 Å². The predicted molar refractivity (Wildman–Crippen MR) is 86.0 cm³/mol. The summed E-state index contributed by atoms with van der Waals surface area (Å²) in [5, 5.41) is 0. The average Bonchev–Trinajstić information content (AvgIpc) is 2.90. The van der Waals surface area contributed by atoms with Crippen LogP contribution in [0.4, 0.5) is 0 Å². The highest BCUT2D eigenvalue weighted by atomic mass is 16.4. The molecule has 2 heterocycles. The Kier molecular flexibility index (Phi) is 3.26. The number of para-hydroxylation sites is 2. The number of benzene rings is 2. The summed E-state index contributed by atoms with van der Waals surface area (Å²) in [6.45, 7) is 1.29. The number of carbonyl (C=O) groups excluding carboxylic acids is 1. The first kappa shape index (κ1) is 13.8. The number of hydrogen-bond donors (Lipinski definition) is 0. The lowest BCUT2D eigenvalue weighted by molar-refractivity contribution is -0.132. The molecule has 0 N–H and O–H groups in total. The zero-order valence-electron chi connectivity index (χ0n) is 12.6. The van der Waals surface area contributed by atoms with E-state index in [-0.39, 0.29) is 12.5 Å². The highest BCUT2D eigenvalue weighted by Gasteiger charge is 2.22. The molecule has 5 heteroatoms. The summed E-state index contributed by atoms with van der Waals surface area (Å²) in [7, 11) is 0. The van der Waals surface area contributed by atoms with Gasteiger partial charge in [-0.3, -0.25) is 9.36 Å². The van der Waals surface area contributed by atoms with E-state index in [0.717, 1.165) is 6.42 Å². The van der Waals surface area contributed by atoms with Crippen molar-refractivity contribution in [3.05, 3.63) is 70.2 Å². The Morgan fingerprint density at radius 2 is 1.78 bits per heavy atom. The molecule has 2 aromatic carbocycles. The second-order valence-corrected chi connectivity index (χ2v) is 5.76. The fourth-order valence-electron chi connectivity index (χ4n) is 3.11. The van der Waals surface area contributed by atoms with E-state index in [4.69, 9.17) is 4.42 Å². The molecule has 1 aliphatic heterocycles. The molecule has 0 bridgehead atoms. The lowest BCUT2D eigenvalue weighted by Crippen LogP contribution is -2.39. The van der Waals surface area contributed by atoms with E-state index in [1.165, 1.54) is 15.7 Å². The highest BCUT2D eigenvalue weighted by molar-refractivity contribution is 5.79. The Balaban J connectivity index is 1.59. The van der Waals surface area contributed by atoms with E-state index in [1.807, 2.05) is 24.3 Å². The summed E-state index contributed by atoms with van der Waals surface area (Å²) in [6, 6.07) is 15.3. The number of nitrogens with zero attached hydrogens (tertiary/aromatic N) is 2. The van der Waals surface area contributed by atoms with Crippen molar-refractivity contribution in [2.24, 2.45) is 0 Å².